The van der Waals surface area contributed by atoms with E-state index in [4.69, 9.17) is 5.11 Å². The Labute approximate surface area is 119 Å². The van der Waals surface area contributed by atoms with Crippen LogP contribution in [0.25, 0.3) is 0 Å². The summed E-state index contributed by atoms with van der Waals surface area (Å²) in [6.07, 6.45) is 6.04. The molecule has 20 heavy (non-hydrogen) atoms. The average Bonchev–Trinajstić information content (AvgIpc) is 2.62. The number of carboxylic acid groups (broad SMARTS) is 1. The number of hydrogen-bond acceptors (Lipinski definition) is 4. The minimum absolute atomic E-state index is 0.180. The molecule has 2 saturated heterocycles. The summed E-state index contributed by atoms with van der Waals surface area (Å²) >= 11 is 0. The minimum atomic E-state index is -0.729. The lowest BCUT2D eigenvalue weighted by Gasteiger charge is -2.44. The molecule has 1 saturated carbocycles. The summed E-state index contributed by atoms with van der Waals surface area (Å²) in [7, 11) is 0. The molecule has 5 heteroatoms. The van der Waals surface area contributed by atoms with Crippen molar-refractivity contribution >= 4 is 5.97 Å². The van der Waals surface area contributed by atoms with E-state index in [2.05, 4.69) is 4.90 Å². The fraction of sp³-hybridized carbons (Fsp3) is 0.933. The van der Waals surface area contributed by atoms with Gasteiger partial charge in [-0.15, -0.1) is 0 Å². The zero-order chi connectivity index (χ0) is 14.3. The Morgan fingerprint density at radius 3 is 2.15 bits per heavy atom. The van der Waals surface area contributed by atoms with Crippen LogP contribution in [0, 0.1) is 5.92 Å². The molecule has 0 amide bonds. The minimum Gasteiger partial charge on any atom is -0.481 e. The lowest BCUT2D eigenvalue weighted by Crippen LogP contribution is -2.53. The summed E-state index contributed by atoms with van der Waals surface area (Å²) in [4.78, 5) is 13.4. The van der Waals surface area contributed by atoms with E-state index >= 15 is 0 Å². The van der Waals surface area contributed by atoms with Crippen molar-refractivity contribution in [3.63, 3.8) is 0 Å². The maximum atomic E-state index is 11.0. The SMILES string of the molecule is O=C(O)C1CCC(O)(CN2C3CCC2CC(O)C3)CC1. The Kier molecular flexibility index (Phi) is 3.77. The van der Waals surface area contributed by atoms with Crippen molar-refractivity contribution in [2.24, 2.45) is 5.92 Å². The first-order valence-electron chi connectivity index (χ1n) is 7.86. The third-order valence-corrected chi connectivity index (χ3v) is 5.60. The Hall–Kier alpha value is -0.650. The highest BCUT2D eigenvalue weighted by Crippen LogP contribution is 2.40. The van der Waals surface area contributed by atoms with Crippen LogP contribution in [0.1, 0.15) is 51.4 Å². The first kappa shape index (κ1) is 14.3. The molecule has 5 nitrogen and oxygen atoms in total. The lowest BCUT2D eigenvalue weighted by molar-refractivity contribution is -0.145. The zero-order valence-corrected chi connectivity index (χ0v) is 11.9. The fourth-order valence-electron chi connectivity index (χ4n) is 4.40. The van der Waals surface area contributed by atoms with Gasteiger partial charge in [0.05, 0.1) is 17.6 Å². The van der Waals surface area contributed by atoms with Gasteiger partial charge in [-0.2, -0.15) is 0 Å². The molecule has 0 aromatic rings. The van der Waals surface area contributed by atoms with Crippen LogP contribution in [-0.2, 0) is 4.79 Å². The van der Waals surface area contributed by atoms with Gasteiger partial charge in [0.25, 0.3) is 0 Å². The summed E-state index contributed by atoms with van der Waals surface area (Å²) in [6.45, 7) is 0.654. The molecule has 0 radical (unpaired) electrons. The Morgan fingerprint density at radius 1 is 1.10 bits per heavy atom. The molecule has 2 atom stereocenters. The molecule has 2 heterocycles. The second kappa shape index (κ2) is 5.28. The number of aliphatic hydroxyl groups excluding tert-OH is 1. The van der Waals surface area contributed by atoms with Gasteiger partial charge in [0.2, 0.25) is 0 Å². The Balaban J connectivity index is 1.60. The highest BCUT2D eigenvalue weighted by molar-refractivity contribution is 5.70. The van der Waals surface area contributed by atoms with Crippen molar-refractivity contribution in [1.29, 1.82) is 0 Å². The Bertz CT molecular complexity index is 364. The standard InChI is InChI=1S/C15H25NO4/c17-13-7-11-1-2-12(8-13)16(11)9-15(20)5-3-10(4-6-15)14(18)19/h10-13,17,20H,1-9H2,(H,18,19). The van der Waals surface area contributed by atoms with Crippen LogP contribution in [0.5, 0.6) is 0 Å². The van der Waals surface area contributed by atoms with Gasteiger partial charge < -0.3 is 15.3 Å². The summed E-state index contributed by atoms with van der Waals surface area (Å²) < 4.78 is 0. The predicted molar refractivity (Wildman–Crippen MR) is 73.3 cm³/mol. The molecule has 1 aliphatic carbocycles. The van der Waals surface area contributed by atoms with Gasteiger partial charge in [-0.1, -0.05) is 0 Å². The summed E-state index contributed by atoms with van der Waals surface area (Å²) in [5.74, 6) is -1.01. The van der Waals surface area contributed by atoms with E-state index in [1.165, 1.54) is 0 Å². The number of rotatable bonds is 3. The molecule has 114 valence electrons. The normalized spacial score (nSPS) is 45.5. The molecule has 3 N–H and O–H groups in total. The first-order chi connectivity index (χ1) is 9.47. The highest BCUT2D eigenvalue weighted by Gasteiger charge is 2.45. The summed E-state index contributed by atoms with van der Waals surface area (Å²) in [5.41, 5.74) is -0.727. The third kappa shape index (κ3) is 2.71. The smallest absolute Gasteiger partial charge is 0.306 e. The van der Waals surface area contributed by atoms with Crippen molar-refractivity contribution in [3.8, 4) is 0 Å². The van der Waals surface area contributed by atoms with E-state index < -0.39 is 11.6 Å². The van der Waals surface area contributed by atoms with Crippen LogP contribution in [0.4, 0.5) is 0 Å². The Morgan fingerprint density at radius 2 is 1.65 bits per heavy atom. The van der Waals surface area contributed by atoms with E-state index in [-0.39, 0.29) is 12.0 Å². The van der Waals surface area contributed by atoms with Gasteiger partial charge in [-0.3, -0.25) is 9.69 Å². The number of aliphatic carboxylic acids is 1. The molecule has 3 fully saturated rings. The second-order valence-electron chi connectivity index (χ2n) is 7.02. The zero-order valence-electron chi connectivity index (χ0n) is 11.9. The predicted octanol–water partition coefficient (Wildman–Crippen LogP) is 0.980. The van der Waals surface area contributed by atoms with Crippen LogP contribution in [-0.4, -0.2) is 56.5 Å². The molecular weight excluding hydrogens is 258 g/mol. The molecular formula is C15H25NO4. The van der Waals surface area contributed by atoms with Crippen molar-refractivity contribution < 1.29 is 20.1 Å². The van der Waals surface area contributed by atoms with Crippen LogP contribution < -0.4 is 0 Å². The van der Waals surface area contributed by atoms with Gasteiger partial charge >= 0.3 is 5.97 Å². The van der Waals surface area contributed by atoms with E-state index in [1.807, 2.05) is 0 Å². The topological polar surface area (TPSA) is 81.0 Å². The van der Waals surface area contributed by atoms with Crippen molar-refractivity contribution in [2.75, 3.05) is 6.54 Å². The van der Waals surface area contributed by atoms with Crippen LogP contribution in [0.15, 0.2) is 0 Å². The molecule has 2 aliphatic heterocycles. The molecule has 3 rings (SSSR count). The lowest BCUT2D eigenvalue weighted by atomic mass is 9.78. The van der Waals surface area contributed by atoms with E-state index in [0.717, 1.165) is 25.7 Å². The van der Waals surface area contributed by atoms with Gasteiger partial charge in [-0.25, -0.2) is 0 Å². The maximum absolute atomic E-state index is 11.0. The van der Waals surface area contributed by atoms with Crippen molar-refractivity contribution in [1.82, 2.24) is 4.90 Å². The summed E-state index contributed by atoms with van der Waals surface area (Å²) in [6, 6.07) is 0.815. The molecule has 0 aromatic heterocycles. The number of piperidine rings is 1. The van der Waals surface area contributed by atoms with E-state index in [0.29, 0.717) is 44.3 Å². The van der Waals surface area contributed by atoms with E-state index in [9.17, 15) is 15.0 Å². The maximum Gasteiger partial charge on any atom is 0.306 e. The highest BCUT2D eigenvalue weighted by atomic mass is 16.4. The largest absolute Gasteiger partial charge is 0.481 e. The van der Waals surface area contributed by atoms with Crippen LogP contribution in [0.2, 0.25) is 0 Å². The van der Waals surface area contributed by atoms with Crippen LogP contribution >= 0.6 is 0 Å². The number of carboxylic acids is 1. The van der Waals surface area contributed by atoms with E-state index in [1.54, 1.807) is 0 Å². The summed E-state index contributed by atoms with van der Waals surface area (Å²) in [5, 5.41) is 29.6. The average molecular weight is 283 g/mol. The molecule has 0 aromatic carbocycles. The molecule has 0 spiro atoms. The molecule has 2 unspecified atom stereocenters. The number of nitrogens with zero attached hydrogens (tertiary/aromatic N) is 1. The first-order valence-corrected chi connectivity index (χ1v) is 7.86. The fourth-order valence-corrected chi connectivity index (χ4v) is 4.40. The van der Waals surface area contributed by atoms with Crippen molar-refractivity contribution in [3.05, 3.63) is 0 Å². The van der Waals surface area contributed by atoms with Gasteiger partial charge in [-0.05, 0) is 51.4 Å². The van der Waals surface area contributed by atoms with Gasteiger partial charge in [0, 0.05) is 18.6 Å². The van der Waals surface area contributed by atoms with Crippen LogP contribution in [0.3, 0.4) is 0 Å². The quantitative estimate of drug-likeness (QED) is 0.719. The second-order valence-corrected chi connectivity index (χ2v) is 7.02. The monoisotopic (exact) mass is 283 g/mol. The number of hydrogen-bond donors (Lipinski definition) is 3. The number of fused-ring (bicyclic) bond motifs is 2. The van der Waals surface area contributed by atoms with Gasteiger partial charge in [0.1, 0.15) is 0 Å². The molecule has 2 bridgehead atoms. The molecule has 3 aliphatic rings. The number of aliphatic hydroxyl groups is 2. The van der Waals surface area contributed by atoms with Gasteiger partial charge in [0.15, 0.2) is 0 Å². The third-order valence-electron chi connectivity index (χ3n) is 5.60. The van der Waals surface area contributed by atoms with Crippen molar-refractivity contribution in [2.45, 2.75) is 75.2 Å². The number of carbonyl (C=O) groups is 1.